The first-order valence-corrected chi connectivity index (χ1v) is 9.04. The molecule has 1 heterocycles. The summed E-state index contributed by atoms with van der Waals surface area (Å²) < 4.78 is 27.6. The molecule has 0 spiro atoms. The van der Waals surface area contributed by atoms with Gasteiger partial charge in [0.2, 0.25) is 10.0 Å². The minimum atomic E-state index is -3.54. The number of hydrogen-bond acceptors (Lipinski definition) is 5. The zero-order valence-corrected chi connectivity index (χ0v) is 12.8. The maximum atomic E-state index is 12.4. The van der Waals surface area contributed by atoms with Crippen LogP contribution in [-0.4, -0.2) is 36.2 Å². The molecule has 0 aliphatic heterocycles. The number of H-pyrrole nitrogens is 1. The molecule has 0 radical (unpaired) electrons. The molecule has 0 aromatic carbocycles. The molecule has 2 unspecified atom stereocenters. The van der Waals surface area contributed by atoms with Crippen LogP contribution in [0.5, 0.6) is 0 Å². The van der Waals surface area contributed by atoms with Crippen molar-refractivity contribution in [3.05, 3.63) is 11.4 Å². The summed E-state index contributed by atoms with van der Waals surface area (Å²) in [6, 6.07) is 0.0161. The van der Waals surface area contributed by atoms with E-state index in [0.717, 1.165) is 19.3 Å². The van der Waals surface area contributed by atoms with Gasteiger partial charge >= 0.3 is 0 Å². The van der Waals surface area contributed by atoms with Crippen LogP contribution >= 0.6 is 11.8 Å². The Balaban J connectivity index is 2.17. The number of rotatable bonds is 5. The van der Waals surface area contributed by atoms with Crippen molar-refractivity contribution in [1.29, 1.82) is 0 Å². The highest BCUT2D eigenvalue weighted by Gasteiger charge is 2.31. The van der Waals surface area contributed by atoms with Crippen LogP contribution in [0, 0.1) is 6.92 Å². The molecule has 1 aliphatic carbocycles. The highest BCUT2D eigenvalue weighted by molar-refractivity contribution is 7.99. The van der Waals surface area contributed by atoms with Crippen LogP contribution < -0.4 is 10.5 Å². The Labute approximate surface area is 118 Å². The molecule has 0 saturated heterocycles. The van der Waals surface area contributed by atoms with Gasteiger partial charge in [0.15, 0.2) is 0 Å². The first-order chi connectivity index (χ1) is 8.97. The Morgan fingerprint density at radius 2 is 2.26 bits per heavy atom. The van der Waals surface area contributed by atoms with Crippen molar-refractivity contribution in [2.24, 2.45) is 5.73 Å². The highest BCUT2D eigenvalue weighted by Crippen LogP contribution is 2.29. The second kappa shape index (κ2) is 5.82. The molecule has 0 amide bonds. The minimum absolute atomic E-state index is 0.0161. The molecule has 1 fully saturated rings. The average Bonchev–Trinajstić information content (AvgIpc) is 2.95. The van der Waals surface area contributed by atoms with Crippen molar-refractivity contribution in [1.82, 2.24) is 14.9 Å². The predicted molar refractivity (Wildman–Crippen MR) is 76.5 cm³/mol. The van der Waals surface area contributed by atoms with E-state index in [9.17, 15) is 8.42 Å². The SMILES string of the molecule is CSC1CCC(NS(=O)(=O)c2c(CN)n[nH]c2C)C1. The summed E-state index contributed by atoms with van der Waals surface area (Å²) in [5.74, 6) is 0. The molecule has 19 heavy (non-hydrogen) atoms. The highest BCUT2D eigenvalue weighted by atomic mass is 32.2. The van der Waals surface area contributed by atoms with E-state index in [-0.39, 0.29) is 17.5 Å². The fourth-order valence-electron chi connectivity index (χ4n) is 2.50. The zero-order chi connectivity index (χ0) is 14.0. The van der Waals surface area contributed by atoms with Crippen LogP contribution in [0.2, 0.25) is 0 Å². The van der Waals surface area contributed by atoms with Gasteiger partial charge in [-0.25, -0.2) is 13.1 Å². The third kappa shape index (κ3) is 3.13. The second-order valence-corrected chi connectivity index (χ2v) is 7.61. The lowest BCUT2D eigenvalue weighted by Crippen LogP contribution is -2.34. The average molecular weight is 304 g/mol. The molecule has 8 heteroatoms. The Bertz CT molecular complexity index is 541. The number of nitrogens with one attached hydrogen (secondary N) is 2. The number of aromatic amines is 1. The van der Waals surface area contributed by atoms with Gasteiger partial charge in [-0.2, -0.15) is 16.9 Å². The van der Waals surface area contributed by atoms with Crippen LogP contribution in [0.15, 0.2) is 4.90 Å². The van der Waals surface area contributed by atoms with Gasteiger partial charge in [0.1, 0.15) is 4.90 Å². The van der Waals surface area contributed by atoms with Gasteiger partial charge in [0.25, 0.3) is 0 Å². The van der Waals surface area contributed by atoms with Gasteiger partial charge in [-0.1, -0.05) is 0 Å². The lowest BCUT2D eigenvalue weighted by molar-refractivity contribution is 0.551. The van der Waals surface area contributed by atoms with E-state index >= 15 is 0 Å². The molecule has 6 nitrogen and oxygen atoms in total. The third-order valence-electron chi connectivity index (χ3n) is 3.46. The van der Waals surface area contributed by atoms with Crippen LogP contribution in [-0.2, 0) is 16.6 Å². The Morgan fingerprint density at radius 3 is 2.84 bits per heavy atom. The smallest absolute Gasteiger partial charge is 0.244 e. The Kier molecular flexibility index (Phi) is 4.54. The van der Waals surface area contributed by atoms with E-state index in [4.69, 9.17) is 5.73 Å². The number of nitrogens with zero attached hydrogens (tertiary/aromatic N) is 1. The van der Waals surface area contributed by atoms with E-state index in [1.165, 1.54) is 0 Å². The number of aryl methyl sites for hydroxylation is 1. The third-order valence-corrected chi connectivity index (χ3v) is 6.28. The zero-order valence-electron chi connectivity index (χ0n) is 11.1. The summed E-state index contributed by atoms with van der Waals surface area (Å²) in [5.41, 5.74) is 6.46. The largest absolute Gasteiger partial charge is 0.325 e. The van der Waals surface area contributed by atoms with E-state index in [0.29, 0.717) is 16.6 Å². The quantitative estimate of drug-likeness (QED) is 0.745. The predicted octanol–water partition coefficient (Wildman–Crippen LogP) is 0.739. The first-order valence-electron chi connectivity index (χ1n) is 6.27. The van der Waals surface area contributed by atoms with Gasteiger partial charge in [0.05, 0.1) is 11.4 Å². The molecule has 4 N–H and O–H groups in total. The maximum Gasteiger partial charge on any atom is 0.244 e. The Hall–Kier alpha value is -0.570. The maximum absolute atomic E-state index is 12.4. The van der Waals surface area contributed by atoms with Crippen molar-refractivity contribution in [2.45, 2.75) is 48.9 Å². The molecular formula is C11H20N4O2S2. The standard InChI is InChI=1S/C11H20N4O2S2/c1-7-11(10(6-12)14-13-7)19(16,17)15-8-3-4-9(5-8)18-2/h8-9,15H,3-6,12H2,1-2H3,(H,13,14). The van der Waals surface area contributed by atoms with Crippen LogP contribution in [0.3, 0.4) is 0 Å². The molecule has 1 saturated carbocycles. The molecule has 108 valence electrons. The minimum Gasteiger partial charge on any atom is -0.325 e. The van der Waals surface area contributed by atoms with Crippen molar-refractivity contribution >= 4 is 21.8 Å². The van der Waals surface area contributed by atoms with Crippen LogP contribution in [0.4, 0.5) is 0 Å². The summed E-state index contributed by atoms with van der Waals surface area (Å²) in [6.07, 6.45) is 4.89. The molecule has 1 aliphatic rings. The van der Waals surface area contributed by atoms with Gasteiger partial charge in [-0.3, -0.25) is 5.10 Å². The molecule has 1 aromatic rings. The van der Waals surface area contributed by atoms with Crippen molar-refractivity contribution in [3.63, 3.8) is 0 Å². The summed E-state index contributed by atoms with van der Waals surface area (Å²) in [5, 5.41) is 7.17. The van der Waals surface area contributed by atoms with Crippen molar-refractivity contribution in [2.75, 3.05) is 6.26 Å². The Morgan fingerprint density at radius 1 is 1.53 bits per heavy atom. The fourth-order valence-corrected chi connectivity index (χ4v) is 4.96. The van der Waals surface area contributed by atoms with E-state index in [2.05, 4.69) is 21.2 Å². The van der Waals surface area contributed by atoms with Gasteiger partial charge in [-0.15, -0.1) is 0 Å². The van der Waals surface area contributed by atoms with Crippen LogP contribution in [0.1, 0.15) is 30.7 Å². The summed E-state index contributed by atoms with van der Waals surface area (Å²) >= 11 is 1.80. The monoisotopic (exact) mass is 304 g/mol. The first kappa shape index (κ1) is 14.8. The number of nitrogens with two attached hydrogens (primary N) is 1. The second-order valence-electron chi connectivity index (χ2n) is 4.82. The van der Waals surface area contributed by atoms with Crippen molar-refractivity contribution in [3.8, 4) is 0 Å². The number of thioether (sulfide) groups is 1. The van der Waals surface area contributed by atoms with Crippen LogP contribution in [0.25, 0.3) is 0 Å². The number of sulfonamides is 1. The normalized spacial score (nSPS) is 23.9. The van der Waals surface area contributed by atoms with Gasteiger partial charge < -0.3 is 5.73 Å². The van der Waals surface area contributed by atoms with Gasteiger partial charge in [-0.05, 0) is 32.4 Å². The molecule has 1 aromatic heterocycles. The summed E-state index contributed by atoms with van der Waals surface area (Å²) in [7, 11) is -3.54. The molecule has 2 atom stereocenters. The van der Waals surface area contributed by atoms with E-state index < -0.39 is 10.0 Å². The molecular weight excluding hydrogens is 284 g/mol. The molecule has 0 bridgehead atoms. The van der Waals surface area contributed by atoms with Crippen molar-refractivity contribution < 1.29 is 8.42 Å². The lowest BCUT2D eigenvalue weighted by atomic mass is 10.3. The topological polar surface area (TPSA) is 101 Å². The number of hydrogen-bond donors (Lipinski definition) is 3. The van der Waals surface area contributed by atoms with Gasteiger partial charge in [0, 0.05) is 17.8 Å². The van der Waals surface area contributed by atoms with E-state index in [1.807, 2.05) is 0 Å². The van der Waals surface area contributed by atoms with E-state index in [1.54, 1.807) is 18.7 Å². The molecule has 2 rings (SSSR count). The number of aromatic nitrogens is 2. The summed E-state index contributed by atoms with van der Waals surface area (Å²) in [6.45, 7) is 1.80. The fraction of sp³-hybridized carbons (Fsp3) is 0.727. The summed E-state index contributed by atoms with van der Waals surface area (Å²) in [4.78, 5) is 0.211. The lowest BCUT2D eigenvalue weighted by Gasteiger charge is -2.13.